The van der Waals surface area contributed by atoms with Crippen molar-refractivity contribution in [1.82, 2.24) is 9.55 Å². The Morgan fingerprint density at radius 2 is 1.88 bits per heavy atom. The highest BCUT2D eigenvalue weighted by molar-refractivity contribution is 5.92. The fourth-order valence-corrected chi connectivity index (χ4v) is 2.65. The van der Waals surface area contributed by atoms with Crippen LogP contribution < -0.4 is 15.6 Å². The Morgan fingerprint density at radius 1 is 1.16 bits per heavy atom. The normalized spacial score (nSPS) is 10.6. The topological polar surface area (TPSA) is 73.2 Å². The monoisotopic (exact) mass is 337 g/mol. The minimum atomic E-state index is -0.311. The molecule has 1 heterocycles. The van der Waals surface area contributed by atoms with Crippen LogP contribution in [-0.2, 0) is 11.3 Å². The molecule has 3 aromatic rings. The third kappa shape index (κ3) is 3.52. The number of carbonyl (C=O) groups is 1. The predicted octanol–water partition coefficient (Wildman–Crippen LogP) is 2.74. The van der Waals surface area contributed by atoms with E-state index in [4.69, 9.17) is 4.74 Å². The molecule has 0 radical (unpaired) electrons. The number of para-hydroxylation sites is 3. The summed E-state index contributed by atoms with van der Waals surface area (Å²) < 4.78 is 6.87. The van der Waals surface area contributed by atoms with Crippen LogP contribution in [0.5, 0.6) is 5.75 Å². The second-order valence-corrected chi connectivity index (χ2v) is 5.54. The third-order valence-corrected chi connectivity index (χ3v) is 3.82. The Labute approximate surface area is 145 Å². The summed E-state index contributed by atoms with van der Waals surface area (Å²) in [6.07, 6.45) is 0. The smallest absolute Gasteiger partial charge is 0.261 e. The highest BCUT2D eigenvalue weighted by atomic mass is 16.5. The summed E-state index contributed by atoms with van der Waals surface area (Å²) in [5, 5.41) is 3.29. The van der Waals surface area contributed by atoms with Gasteiger partial charge in [-0.2, -0.15) is 0 Å². The lowest BCUT2D eigenvalue weighted by Gasteiger charge is -2.13. The highest BCUT2D eigenvalue weighted by Crippen LogP contribution is 2.23. The van der Waals surface area contributed by atoms with Crippen molar-refractivity contribution in [2.24, 2.45) is 0 Å². The van der Waals surface area contributed by atoms with E-state index >= 15 is 0 Å². The summed E-state index contributed by atoms with van der Waals surface area (Å²) in [5.41, 5.74) is 0.980. The third-order valence-electron chi connectivity index (χ3n) is 3.82. The number of amides is 1. The summed E-state index contributed by atoms with van der Waals surface area (Å²) in [4.78, 5) is 29.5. The minimum absolute atomic E-state index is 0.108. The van der Waals surface area contributed by atoms with Crippen molar-refractivity contribution in [3.63, 3.8) is 0 Å². The van der Waals surface area contributed by atoms with E-state index in [0.29, 0.717) is 34.8 Å². The average molecular weight is 337 g/mol. The Hall–Kier alpha value is -3.15. The molecule has 0 spiro atoms. The van der Waals surface area contributed by atoms with Crippen molar-refractivity contribution in [2.75, 3.05) is 11.9 Å². The number of nitrogens with zero attached hydrogens (tertiary/aromatic N) is 2. The molecule has 2 aromatic carbocycles. The van der Waals surface area contributed by atoms with Crippen LogP contribution >= 0.6 is 0 Å². The maximum atomic E-state index is 12.6. The number of benzene rings is 2. The zero-order chi connectivity index (χ0) is 17.8. The molecule has 0 aliphatic rings. The molecule has 0 saturated heterocycles. The number of rotatable bonds is 5. The quantitative estimate of drug-likeness (QED) is 0.777. The van der Waals surface area contributed by atoms with Crippen molar-refractivity contribution < 1.29 is 9.53 Å². The van der Waals surface area contributed by atoms with Crippen molar-refractivity contribution in [3.05, 3.63) is 64.7 Å². The summed E-state index contributed by atoms with van der Waals surface area (Å²) in [7, 11) is 0. The van der Waals surface area contributed by atoms with E-state index in [1.165, 1.54) is 4.57 Å². The molecule has 0 atom stereocenters. The number of nitrogens with one attached hydrogen (secondary N) is 1. The second kappa shape index (κ2) is 7.17. The van der Waals surface area contributed by atoms with E-state index < -0.39 is 0 Å². The molecule has 25 heavy (non-hydrogen) atoms. The minimum Gasteiger partial charge on any atom is -0.492 e. The van der Waals surface area contributed by atoms with Crippen LogP contribution in [0.15, 0.2) is 53.3 Å². The van der Waals surface area contributed by atoms with Gasteiger partial charge in [0, 0.05) is 0 Å². The van der Waals surface area contributed by atoms with Gasteiger partial charge in [-0.3, -0.25) is 14.2 Å². The molecule has 0 unspecified atom stereocenters. The van der Waals surface area contributed by atoms with Gasteiger partial charge in [0.2, 0.25) is 5.91 Å². The van der Waals surface area contributed by atoms with Crippen LogP contribution in [0, 0.1) is 6.92 Å². The summed E-state index contributed by atoms with van der Waals surface area (Å²) >= 11 is 0. The van der Waals surface area contributed by atoms with E-state index in [1.54, 1.807) is 37.3 Å². The molecule has 0 fully saturated rings. The van der Waals surface area contributed by atoms with Crippen molar-refractivity contribution in [1.29, 1.82) is 0 Å². The van der Waals surface area contributed by atoms with Gasteiger partial charge < -0.3 is 10.1 Å². The molecule has 1 N–H and O–H groups in total. The first-order valence-electron chi connectivity index (χ1n) is 8.08. The van der Waals surface area contributed by atoms with Crippen LogP contribution in [0.3, 0.4) is 0 Å². The molecule has 3 rings (SSSR count). The van der Waals surface area contributed by atoms with Gasteiger partial charge in [-0.15, -0.1) is 0 Å². The van der Waals surface area contributed by atoms with Crippen LogP contribution in [0.25, 0.3) is 10.9 Å². The molecule has 0 bridgehead atoms. The predicted molar refractivity (Wildman–Crippen MR) is 97.0 cm³/mol. The first-order valence-corrected chi connectivity index (χ1v) is 8.08. The van der Waals surface area contributed by atoms with Gasteiger partial charge in [0.25, 0.3) is 5.56 Å². The molecular formula is C19H19N3O3. The van der Waals surface area contributed by atoms with E-state index in [2.05, 4.69) is 10.3 Å². The van der Waals surface area contributed by atoms with Gasteiger partial charge >= 0.3 is 0 Å². The van der Waals surface area contributed by atoms with Crippen molar-refractivity contribution in [2.45, 2.75) is 20.4 Å². The number of ether oxygens (including phenoxy) is 1. The highest BCUT2D eigenvalue weighted by Gasteiger charge is 2.13. The average Bonchev–Trinajstić information content (AvgIpc) is 2.60. The largest absolute Gasteiger partial charge is 0.492 e. The maximum absolute atomic E-state index is 12.6. The molecule has 6 heteroatoms. The number of aromatic nitrogens is 2. The van der Waals surface area contributed by atoms with Gasteiger partial charge in [-0.1, -0.05) is 24.3 Å². The van der Waals surface area contributed by atoms with Crippen LogP contribution in [0.4, 0.5) is 5.69 Å². The van der Waals surface area contributed by atoms with Crippen LogP contribution in [0.2, 0.25) is 0 Å². The summed E-state index contributed by atoms with van der Waals surface area (Å²) in [5.74, 6) is 0.783. The van der Waals surface area contributed by atoms with Gasteiger partial charge in [-0.05, 0) is 38.1 Å². The fraction of sp³-hybridized carbons (Fsp3) is 0.211. The van der Waals surface area contributed by atoms with Gasteiger partial charge in [-0.25, -0.2) is 4.98 Å². The Kier molecular flexibility index (Phi) is 4.79. The molecule has 6 nitrogen and oxygen atoms in total. The molecular weight excluding hydrogens is 318 g/mol. The zero-order valence-corrected chi connectivity index (χ0v) is 14.2. The Balaban J connectivity index is 1.87. The van der Waals surface area contributed by atoms with Crippen molar-refractivity contribution in [3.8, 4) is 5.75 Å². The Bertz CT molecular complexity index is 979. The molecule has 0 aliphatic heterocycles. The SMILES string of the molecule is CCOc1ccccc1NC(=O)Cn1c(C)nc2ccccc2c1=O. The van der Waals surface area contributed by atoms with E-state index in [9.17, 15) is 9.59 Å². The Morgan fingerprint density at radius 3 is 2.68 bits per heavy atom. The number of hydrogen-bond acceptors (Lipinski definition) is 4. The number of aryl methyl sites for hydroxylation is 1. The van der Waals surface area contributed by atoms with Crippen LogP contribution in [-0.4, -0.2) is 22.1 Å². The molecule has 1 aromatic heterocycles. The lowest BCUT2D eigenvalue weighted by Crippen LogP contribution is -2.30. The molecule has 0 saturated carbocycles. The van der Waals surface area contributed by atoms with E-state index in [1.807, 2.05) is 25.1 Å². The molecule has 0 aliphatic carbocycles. The maximum Gasteiger partial charge on any atom is 0.261 e. The lowest BCUT2D eigenvalue weighted by molar-refractivity contribution is -0.116. The number of hydrogen-bond donors (Lipinski definition) is 1. The zero-order valence-electron chi connectivity index (χ0n) is 14.2. The first-order chi connectivity index (χ1) is 12.1. The van der Waals surface area contributed by atoms with Gasteiger partial charge in [0.05, 0.1) is 23.2 Å². The lowest BCUT2D eigenvalue weighted by atomic mass is 10.2. The van der Waals surface area contributed by atoms with E-state index in [0.717, 1.165) is 0 Å². The number of carbonyl (C=O) groups excluding carboxylic acids is 1. The van der Waals surface area contributed by atoms with Gasteiger partial charge in [0.15, 0.2) is 0 Å². The van der Waals surface area contributed by atoms with Gasteiger partial charge in [0.1, 0.15) is 18.1 Å². The number of anilines is 1. The summed E-state index contributed by atoms with van der Waals surface area (Å²) in [6.45, 7) is 3.99. The number of fused-ring (bicyclic) bond motifs is 1. The van der Waals surface area contributed by atoms with Crippen LogP contribution in [0.1, 0.15) is 12.7 Å². The second-order valence-electron chi connectivity index (χ2n) is 5.54. The standard InChI is InChI=1S/C19H19N3O3/c1-3-25-17-11-7-6-10-16(17)21-18(23)12-22-13(2)20-15-9-5-4-8-14(15)19(22)24/h4-11H,3,12H2,1-2H3,(H,21,23). The molecule has 128 valence electrons. The van der Waals surface area contributed by atoms with E-state index in [-0.39, 0.29) is 18.0 Å². The fourth-order valence-electron chi connectivity index (χ4n) is 2.65. The van der Waals surface area contributed by atoms with Crippen molar-refractivity contribution >= 4 is 22.5 Å². The first kappa shape index (κ1) is 16.7. The summed E-state index contributed by atoms with van der Waals surface area (Å²) in [6, 6.07) is 14.3. The molecule has 1 amide bonds.